The molecule has 0 bridgehead atoms. The van der Waals surface area contributed by atoms with Crippen LogP contribution in [-0.4, -0.2) is 26.8 Å². The molecule has 0 saturated carbocycles. The average molecular weight is 416 g/mol. The molecule has 3 aromatic carbocycles. The molecule has 0 radical (unpaired) electrons. The Labute approximate surface area is 179 Å². The molecule has 1 amide bonds. The number of carbonyl (C=O) groups is 1. The van der Waals surface area contributed by atoms with Gasteiger partial charge in [0, 0.05) is 18.7 Å². The van der Waals surface area contributed by atoms with E-state index in [1.165, 1.54) is 11.8 Å². The van der Waals surface area contributed by atoms with E-state index in [-0.39, 0.29) is 11.7 Å². The van der Waals surface area contributed by atoms with Gasteiger partial charge in [0.25, 0.3) is 5.22 Å². The third-order valence-electron chi connectivity index (χ3n) is 4.53. The number of hydrogen-bond acceptors (Lipinski definition) is 5. The Morgan fingerprint density at radius 1 is 0.767 bits per heavy atom. The van der Waals surface area contributed by atoms with Gasteiger partial charge in [0.15, 0.2) is 0 Å². The number of hydrogen-bond donors (Lipinski definition) is 0. The van der Waals surface area contributed by atoms with Crippen LogP contribution in [-0.2, 0) is 17.9 Å². The van der Waals surface area contributed by atoms with Crippen LogP contribution in [0.4, 0.5) is 0 Å². The maximum absolute atomic E-state index is 13.0. The van der Waals surface area contributed by atoms with Crippen LogP contribution in [0, 0.1) is 0 Å². The Morgan fingerprint density at radius 3 is 1.87 bits per heavy atom. The lowest BCUT2D eigenvalue weighted by Gasteiger charge is -2.23. The lowest BCUT2D eigenvalue weighted by molar-refractivity contribution is -0.129. The van der Waals surface area contributed by atoms with Gasteiger partial charge < -0.3 is 9.32 Å². The number of rotatable bonds is 8. The minimum Gasteiger partial charge on any atom is -0.411 e. The second kappa shape index (κ2) is 9.89. The number of thioether (sulfide) groups is 1. The standard InChI is InChI=1S/C24H21N3O2S/c28-22(18-30-24-26-25-23(29-24)21-14-8-3-9-15-21)27(16-19-10-4-1-5-11-19)17-20-12-6-2-7-13-20/h1-15H,16-18H2. The molecule has 150 valence electrons. The topological polar surface area (TPSA) is 59.2 Å². The summed E-state index contributed by atoms with van der Waals surface area (Å²) < 4.78 is 5.71. The Bertz CT molecular complexity index is 1030. The van der Waals surface area contributed by atoms with E-state index >= 15 is 0 Å². The molecule has 0 saturated heterocycles. The average Bonchev–Trinajstić information content (AvgIpc) is 3.28. The van der Waals surface area contributed by atoms with Crippen molar-refractivity contribution < 1.29 is 9.21 Å². The summed E-state index contributed by atoms with van der Waals surface area (Å²) in [6, 6.07) is 29.6. The Morgan fingerprint density at radius 2 is 1.30 bits per heavy atom. The predicted octanol–water partition coefficient (Wildman–Crippen LogP) is 5.06. The Balaban J connectivity index is 1.43. The summed E-state index contributed by atoms with van der Waals surface area (Å²) in [6.45, 7) is 1.10. The second-order valence-electron chi connectivity index (χ2n) is 6.75. The van der Waals surface area contributed by atoms with Crippen molar-refractivity contribution in [2.75, 3.05) is 5.75 Å². The van der Waals surface area contributed by atoms with Crippen molar-refractivity contribution in [3.8, 4) is 11.5 Å². The first-order valence-corrected chi connectivity index (χ1v) is 10.6. The molecule has 0 aliphatic rings. The van der Waals surface area contributed by atoms with E-state index in [4.69, 9.17) is 4.42 Å². The number of aromatic nitrogens is 2. The minimum absolute atomic E-state index is 0.0205. The molecule has 0 aliphatic heterocycles. The summed E-state index contributed by atoms with van der Waals surface area (Å²) in [4.78, 5) is 14.9. The monoisotopic (exact) mass is 415 g/mol. The van der Waals surface area contributed by atoms with Crippen LogP contribution in [0.15, 0.2) is 101 Å². The highest BCUT2D eigenvalue weighted by molar-refractivity contribution is 7.99. The molecule has 0 spiro atoms. The van der Waals surface area contributed by atoms with E-state index < -0.39 is 0 Å². The van der Waals surface area contributed by atoms with E-state index in [1.807, 2.05) is 95.9 Å². The molecule has 30 heavy (non-hydrogen) atoms. The molecule has 0 fully saturated rings. The fraction of sp³-hybridized carbons (Fsp3) is 0.125. The summed E-state index contributed by atoms with van der Waals surface area (Å²) in [5.41, 5.74) is 3.05. The summed E-state index contributed by atoms with van der Waals surface area (Å²) >= 11 is 1.26. The molecular weight excluding hydrogens is 394 g/mol. The minimum atomic E-state index is 0.0205. The van der Waals surface area contributed by atoms with Gasteiger partial charge in [0.1, 0.15) is 0 Å². The number of amides is 1. The summed E-state index contributed by atoms with van der Waals surface area (Å²) in [7, 11) is 0. The van der Waals surface area contributed by atoms with Crippen molar-refractivity contribution in [1.82, 2.24) is 15.1 Å². The van der Waals surface area contributed by atoms with Crippen molar-refractivity contribution in [2.24, 2.45) is 0 Å². The van der Waals surface area contributed by atoms with Crippen LogP contribution in [0.1, 0.15) is 11.1 Å². The van der Waals surface area contributed by atoms with Crippen LogP contribution >= 0.6 is 11.8 Å². The summed E-state index contributed by atoms with van der Waals surface area (Å²) in [5.74, 6) is 0.707. The molecular formula is C24H21N3O2S. The van der Waals surface area contributed by atoms with Gasteiger partial charge in [-0.05, 0) is 23.3 Å². The SMILES string of the molecule is O=C(CSc1nnc(-c2ccccc2)o1)N(Cc1ccccc1)Cc1ccccc1. The van der Waals surface area contributed by atoms with Crippen LogP contribution in [0.2, 0.25) is 0 Å². The Kier molecular flexibility index (Phi) is 6.57. The van der Waals surface area contributed by atoms with E-state index in [0.717, 1.165) is 16.7 Å². The fourth-order valence-corrected chi connectivity index (χ4v) is 3.69. The zero-order chi connectivity index (χ0) is 20.6. The third kappa shape index (κ3) is 5.36. The zero-order valence-electron chi connectivity index (χ0n) is 16.3. The molecule has 5 nitrogen and oxygen atoms in total. The lowest BCUT2D eigenvalue weighted by Crippen LogP contribution is -2.31. The molecule has 1 aromatic heterocycles. The first kappa shape index (κ1) is 19.9. The summed E-state index contributed by atoms with van der Waals surface area (Å²) in [5, 5.41) is 8.54. The van der Waals surface area contributed by atoms with E-state index in [2.05, 4.69) is 10.2 Å². The molecule has 0 aliphatic carbocycles. The van der Waals surface area contributed by atoms with Gasteiger partial charge >= 0.3 is 0 Å². The normalized spacial score (nSPS) is 10.7. The van der Waals surface area contributed by atoms with Gasteiger partial charge in [0.2, 0.25) is 11.8 Å². The van der Waals surface area contributed by atoms with Crippen LogP contribution in [0.25, 0.3) is 11.5 Å². The fourth-order valence-electron chi connectivity index (χ4n) is 3.02. The van der Waals surface area contributed by atoms with Crippen LogP contribution < -0.4 is 0 Å². The van der Waals surface area contributed by atoms with Crippen molar-refractivity contribution in [3.05, 3.63) is 102 Å². The molecule has 0 unspecified atom stereocenters. The molecule has 1 heterocycles. The maximum Gasteiger partial charge on any atom is 0.277 e. The van der Waals surface area contributed by atoms with Crippen molar-refractivity contribution in [1.29, 1.82) is 0 Å². The van der Waals surface area contributed by atoms with Gasteiger partial charge in [-0.3, -0.25) is 4.79 Å². The lowest BCUT2D eigenvalue weighted by atomic mass is 10.1. The highest BCUT2D eigenvalue weighted by atomic mass is 32.2. The van der Waals surface area contributed by atoms with Gasteiger partial charge in [0.05, 0.1) is 5.75 Å². The number of carbonyl (C=O) groups excluding carboxylic acids is 1. The van der Waals surface area contributed by atoms with E-state index in [1.54, 1.807) is 0 Å². The number of benzene rings is 3. The van der Waals surface area contributed by atoms with Gasteiger partial charge in [-0.2, -0.15) is 0 Å². The molecule has 4 rings (SSSR count). The van der Waals surface area contributed by atoms with Gasteiger partial charge in [-0.1, -0.05) is 90.6 Å². The second-order valence-corrected chi connectivity index (χ2v) is 7.68. The third-order valence-corrected chi connectivity index (χ3v) is 5.33. The highest BCUT2D eigenvalue weighted by Crippen LogP contribution is 2.23. The van der Waals surface area contributed by atoms with Crippen molar-refractivity contribution >= 4 is 17.7 Å². The van der Waals surface area contributed by atoms with Gasteiger partial charge in [-0.15, -0.1) is 10.2 Å². The van der Waals surface area contributed by atoms with Crippen LogP contribution in [0.3, 0.4) is 0 Å². The molecule has 0 N–H and O–H groups in total. The van der Waals surface area contributed by atoms with E-state index in [0.29, 0.717) is 24.2 Å². The number of nitrogens with zero attached hydrogens (tertiary/aromatic N) is 3. The maximum atomic E-state index is 13.0. The van der Waals surface area contributed by atoms with E-state index in [9.17, 15) is 4.79 Å². The molecule has 0 atom stereocenters. The molecule has 6 heteroatoms. The van der Waals surface area contributed by atoms with Crippen molar-refractivity contribution in [2.45, 2.75) is 18.3 Å². The highest BCUT2D eigenvalue weighted by Gasteiger charge is 2.17. The first-order chi connectivity index (χ1) is 14.8. The van der Waals surface area contributed by atoms with Crippen LogP contribution in [0.5, 0.6) is 0 Å². The van der Waals surface area contributed by atoms with Gasteiger partial charge in [-0.25, -0.2) is 0 Å². The zero-order valence-corrected chi connectivity index (χ0v) is 17.2. The smallest absolute Gasteiger partial charge is 0.277 e. The molecule has 4 aromatic rings. The summed E-state index contributed by atoms with van der Waals surface area (Å²) in [6.07, 6.45) is 0. The Hall–Kier alpha value is -3.38. The quantitative estimate of drug-likeness (QED) is 0.377. The first-order valence-electron chi connectivity index (χ1n) is 9.65. The predicted molar refractivity (Wildman–Crippen MR) is 118 cm³/mol. The van der Waals surface area contributed by atoms with Crippen molar-refractivity contribution in [3.63, 3.8) is 0 Å². The largest absolute Gasteiger partial charge is 0.411 e.